The number of carbonyl (C=O) groups excluding carboxylic acids is 3. The van der Waals surface area contributed by atoms with Crippen LogP contribution in [0.2, 0.25) is 10.0 Å². The Hall–Kier alpha value is -3.84. The molecule has 4 heterocycles. The van der Waals surface area contributed by atoms with Gasteiger partial charge in [-0.3, -0.25) is 9.69 Å². The number of piperidine rings is 1. The van der Waals surface area contributed by atoms with E-state index in [-0.39, 0.29) is 27.5 Å². The van der Waals surface area contributed by atoms with Gasteiger partial charge in [-0.05, 0) is 87.7 Å². The maximum Gasteiger partial charge on any atom is 0.344 e. The van der Waals surface area contributed by atoms with Gasteiger partial charge in [-0.25, -0.2) is 14.6 Å². The molecule has 4 aromatic rings. The van der Waals surface area contributed by atoms with Crippen LogP contribution in [0.3, 0.4) is 0 Å². The number of aromatic nitrogens is 1. The molecule has 0 saturated carbocycles. The van der Waals surface area contributed by atoms with Gasteiger partial charge >= 0.3 is 12.1 Å². The highest BCUT2D eigenvalue weighted by atomic mass is 35.5. The van der Waals surface area contributed by atoms with Crippen LogP contribution < -0.4 is 15.1 Å². The quantitative estimate of drug-likeness (QED) is 0.125. The van der Waals surface area contributed by atoms with Crippen molar-refractivity contribution in [3.05, 3.63) is 69.2 Å². The molecule has 6 rings (SSSR count). The molecule has 2 saturated heterocycles. The Morgan fingerprint density at radius 3 is 2.32 bits per heavy atom. The van der Waals surface area contributed by atoms with Crippen LogP contribution in [0.25, 0.3) is 15.6 Å². The van der Waals surface area contributed by atoms with Gasteiger partial charge in [0.25, 0.3) is 5.91 Å². The van der Waals surface area contributed by atoms with E-state index in [1.807, 2.05) is 18.2 Å². The van der Waals surface area contributed by atoms with Crippen molar-refractivity contribution in [3.63, 3.8) is 0 Å². The topological polar surface area (TPSA) is 111 Å². The molecular formula is C30H27Cl2N7O3S2. The second kappa shape index (κ2) is 12.6. The van der Waals surface area contributed by atoms with Crippen molar-refractivity contribution in [1.29, 1.82) is 0 Å². The van der Waals surface area contributed by atoms with E-state index >= 15 is 0 Å². The van der Waals surface area contributed by atoms with Gasteiger partial charge in [-0.2, -0.15) is 4.90 Å². The summed E-state index contributed by atoms with van der Waals surface area (Å²) in [6.07, 6.45) is 5.29. The Labute approximate surface area is 271 Å². The zero-order valence-electron chi connectivity index (χ0n) is 23.8. The van der Waals surface area contributed by atoms with Gasteiger partial charge in [0.15, 0.2) is 0 Å². The van der Waals surface area contributed by atoms with Crippen molar-refractivity contribution in [2.24, 2.45) is 10.2 Å². The first-order valence-corrected chi connectivity index (χ1v) is 16.4. The highest BCUT2D eigenvalue weighted by Gasteiger charge is 2.46. The van der Waals surface area contributed by atoms with Gasteiger partial charge < -0.3 is 10.2 Å². The van der Waals surface area contributed by atoms with Crippen molar-refractivity contribution in [1.82, 2.24) is 15.2 Å². The van der Waals surface area contributed by atoms with Crippen LogP contribution in [0.5, 0.6) is 0 Å². The Morgan fingerprint density at radius 2 is 1.66 bits per heavy atom. The number of fused-ring (bicyclic) bond motifs is 1. The number of hydrogen-bond donors (Lipinski definition) is 1. The lowest BCUT2D eigenvalue weighted by Gasteiger charge is -2.28. The summed E-state index contributed by atoms with van der Waals surface area (Å²) in [5.74, 6) is -0.769. The van der Waals surface area contributed by atoms with Crippen LogP contribution in [-0.2, 0) is 4.79 Å². The molecule has 2 aliphatic heterocycles. The van der Waals surface area contributed by atoms with Gasteiger partial charge in [0.1, 0.15) is 10.5 Å². The van der Waals surface area contributed by atoms with Gasteiger partial charge in [0, 0.05) is 39.7 Å². The number of nitrogens with zero attached hydrogens (tertiary/aromatic N) is 6. The van der Waals surface area contributed by atoms with Gasteiger partial charge in [-0.1, -0.05) is 34.5 Å². The van der Waals surface area contributed by atoms with E-state index in [0.717, 1.165) is 28.4 Å². The number of anilines is 2. The first-order valence-electron chi connectivity index (χ1n) is 14.0. The predicted molar refractivity (Wildman–Crippen MR) is 177 cm³/mol. The number of benzene rings is 2. The molecule has 2 aromatic carbocycles. The van der Waals surface area contributed by atoms with Crippen molar-refractivity contribution in [2.75, 3.05) is 22.9 Å². The molecule has 14 heteroatoms. The fourth-order valence-corrected chi connectivity index (χ4v) is 7.50. The summed E-state index contributed by atoms with van der Waals surface area (Å²) in [7, 11) is 0. The summed E-state index contributed by atoms with van der Waals surface area (Å²) in [5.41, 5.74) is 2.18. The van der Waals surface area contributed by atoms with Crippen molar-refractivity contribution >= 4 is 102 Å². The van der Waals surface area contributed by atoms with E-state index in [4.69, 9.17) is 23.2 Å². The van der Waals surface area contributed by atoms with E-state index in [0.29, 0.717) is 19.7 Å². The highest BCUT2D eigenvalue weighted by Crippen LogP contribution is 2.38. The number of amides is 5. The minimum absolute atomic E-state index is 0.0194. The first-order chi connectivity index (χ1) is 21.2. The summed E-state index contributed by atoms with van der Waals surface area (Å²) in [6, 6.07) is 12.5. The van der Waals surface area contributed by atoms with Crippen LogP contribution in [0, 0.1) is 0 Å². The molecule has 44 heavy (non-hydrogen) atoms. The summed E-state index contributed by atoms with van der Waals surface area (Å²) >= 11 is 15.1. The van der Waals surface area contributed by atoms with E-state index in [9.17, 15) is 14.4 Å². The van der Waals surface area contributed by atoms with Crippen molar-refractivity contribution in [2.45, 2.75) is 39.2 Å². The number of urea groups is 2. The minimum atomic E-state index is -0.833. The predicted octanol–water partition coefficient (Wildman–Crippen LogP) is 9.00. The number of carbonyl (C=O) groups is 3. The maximum atomic E-state index is 13.5. The standard InChI is InChI=1S/C30H27Cl2N7O3S2/c1-17(2)33-29(41)39-27(40)24(38(30(39)42)22-13-18(31)12-19(32)14-22)15-23-16-25-26(43-23)34-28(44-25)36-35-20-6-8-21(9-7-20)37-10-4-3-5-11-37/h6-9,12-17H,3-5,10-11H2,1-2H3,(H,33,41)/b24-15+,36-35+. The fourth-order valence-electron chi connectivity index (χ4n) is 5.01. The minimum Gasteiger partial charge on any atom is -0.372 e. The van der Waals surface area contributed by atoms with Crippen molar-refractivity contribution < 1.29 is 14.4 Å². The van der Waals surface area contributed by atoms with E-state index in [1.54, 1.807) is 19.9 Å². The van der Waals surface area contributed by atoms with Crippen LogP contribution in [0.1, 0.15) is 38.0 Å². The lowest BCUT2D eigenvalue weighted by molar-refractivity contribution is -0.120. The molecule has 10 nitrogen and oxygen atoms in total. The molecule has 0 atom stereocenters. The smallest absolute Gasteiger partial charge is 0.344 e. The van der Waals surface area contributed by atoms with E-state index in [2.05, 4.69) is 37.6 Å². The molecule has 0 spiro atoms. The zero-order valence-corrected chi connectivity index (χ0v) is 26.9. The molecule has 226 valence electrons. The van der Waals surface area contributed by atoms with Crippen molar-refractivity contribution in [3.8, 4) is 0 Å². The van der Waals surface area contributed by atoms with Crippen LogP contribution >= 0.6 is 45.9 Å². The number of nitrogens with one attached hydrogen (secondary N) is 1. The summed E-state index contributed by atoms with van der Waals surface area (Å²) in [4.78, 5) is 49.8. The van der Waals surface area contributed by atoms with Crippen LogP contribution in [0.4, 0.5) is 31.8 Å². The summed E-state index contributed by atoms with van der Waals surface area (Å²) < 4.78 is 0.847. The van der Waals surface area contributed by atoms with Gasteiger partial charge in [0.2, 0.25) is 5.13 Å². The number of halogens is 2. The second-order valence-corrected chi connectivity index (χ2v) is 13.5. The van der Waals surface area contributed by atoms with Crippen LogP contribution in [0.15, 0.2) is 64.5 Å². The summed E-state index contributed by atoms with van der Waals surface area (Å²) in [5, 5.41) is 12.3. The molecule has 2 aliphatic rings. The molecule has 0 radical (unpaired) electrons. The SMILES string of the molecule is CC(C)NC(=O)N1C(=O)/C(=C\c2cc3sc(/N=N/c4ccc(N5CCCCC5)cc4)nc3s2)N(c2cc(Cl)cc(Cl)c2)C1=O. The highest BCUT2D eigenvalue weighted by molar-refractivity contribution is 7.29. The lowest BCUT2D eigenvalue weighted by Crippen LogP contribution is -2.46. The molecule has 2 aromatic heterocycles. The number of azo groups is 1. The normalized spacial score (nSPS) is 16.8. The molecule has 1 N–H and O–H groups in total. The molecule has 0 aliphatic carbocycles. The number of thiophene rings is 1. The third kappa shape index (κ3) is 6.34. The lowest BCUT2D eigenvalue weighted by atomic mass is 10.1. The fraction of sp³-hybridized carbons (Fsp3) is 0.267. The average molecular weight is 669 g/mol. The number of imide groups is 3. The molecule has 0 unspecified atom stereocenters. The Morgan fingerprint density at radius 1 is 0.955 bits per heavy atom. The third-order valence-corrected chi connectivity index (χ3v) is 9.39. The average Bonchev–Trinajstić information content (AvgIpc) is 3.61. The number of hydrogen-bond acceptors (Lipinski definition) is 9. The maximum absolute atomic E-state index is 13.5. The summed E-state index contributed by atoms with van der Waals surface area (Å²) in [6.45, 7) is 5.64. The molecular weight excluding hydrogens is 641 g/mol. The molecule has 2 fully saturated rings. The first kappa shape index (κ1) is 30.2. The van der Waals surface area contributed by atoms with Gasteiger partial charge in [0.05, 0.1) is 16.1 Å². The third-order valence-electron chi connectivity index (χ3n) is 6.96. The number of thiazole rings is 1. The Balaban J connectivity index is 1.25. The monoisotopic (exact) mass is 667 g/mol. The van der Waals surface area contributed by atoms with E-state index < -0.39 is 18.0 Å². The Bertz CT molecular complexity index is 1760. The zero-order chi connectivity index (χ0) is 31.0. The molecule has 0 bridgehead atoms. The number of rotatable bonds is 6. The second-order valence-electron chi connectivity index (χ2n) is 10.6. The largest absolute Gasteiger partial charge is 0.372 e. The van der Waals surface area contributed by atoms with Gasteiger partial charge in [-0.15, -0.1) is 21.6 Å². The Kier molecular flexibility index (Phi) is 8.68. The molecule has 5 amide bonds. The van der Waals surface area contributed by atoms with E-state index in [1.165, 1.54) is 65.8 Å². The van der Waals surface area contributed by atoms with Crippen LogP contribution in [-0.4, -0.2) is 47.0 Å².